The van der Waals surface area contributed by atoms with Crippen LogP contribution in [0.15, 0.2) is 76.2 Å². The zero-order valence-corrected chi connectivity index (χ0v) is 16.7. The number of aliphatic imine (C=N–C) groups is 1. The van der Waals surface area contributed by atoms with Crippen LogP contribution in [0.4, 0.5) is 11.5 Å². The molecular formula is C24H21N3O3. The van der Waals surface area contributed by atoms with Gasteiger partial charge < -0.3 is 14.9 Å². The van der Waals surface area contributed by atoms with Crippen molar-refractivity contribution in [2.75, 3.05) is 5.32 Å². The van der Waals surface area contributed by atoms with Gasteiger partial charge >= 0.3 is 5.97 Å². The van der Waals surface area contributed by atoms with Crippen molar-refractivity contribution in [2.24, 2.45) is 4.99 Å². The van der Waals surface area contributed by atoms with E-state index >= 15 is 0 Å². The van der Waals surface area contributed by atoms with Crippen LogP contribution >= 0.6 is 0 Å². The maximum atomic E-state index is 11.0. The number of fused-ring (bicyclic) bond motifs is 1. The monoisotopic (exact) mass is 399 g/mol. The number of hydrogen-bond acceptors (Lipinski definition) is 5. The van der Waals surface area contributed by atoms with Gasteiger partial charge in [0.2, 0.25) is 0 Å². The van der Waals surface area contributed by atoms with Gasteiger partial charge in [-0.05, 0) is 60.4 Å². The van der Waals surface area contributed by atoms with Gasteiger partial charge in [0.05, 0.1) is 5.39 Å². The van der Waals surface area contributed by atoms with Gasteiger partial charge in [0, 0.05) is 11.9 Å². The third-order valence-electron chi connectivity index (χ3n) is 4.97. The van der Waals surface area contributed by atoms with Crippen molar-refractivity contribution in [1.29, 1.82) is 0 Å². The molecular weight excluding hydrogens is 378 g/mol. The largest absolute Gasteiger partial charge is 0.480 e. The summed E-state index contributed by atoms with van der Waals surface area (Å²) >= 11 is 0. The van der Waals surface area contributed by atoms with E-state index in [0.717, 1.165) is 33.3 Å². The summed E-state index contributed by atoms with van der Waals surface area (Å²) in [5.74, 6) is -0.367. The van der Waals surface area contributed by atoms with Crippen LogP contribution in [0.1, 0.15) is 18.1 Å². The Morgan fingerprint density at radius 2 is 1.93 bits per heavy atom. The Balaban J connectivity index is 1.66. The van der Waals surface area contributed by atoms with E-state index in [-0.39, 0.29) is 0 Å². The molecule has 1 unspecified atom stereocenters. The average Bonchev–Trinajstić information content (AvgIpc) is 3.16. The molecule has 0 radical (unpaired) electrons. The van der Waals surface area contributed by atoms with Crippen LogP contribution in [0.2, 0.25) is 0 Å². The van der Waals surface area contributed by atoms with Crippen LogP contribution in [0.25, 0.3) is 22.1 Å². The maximum absolute atomic E-state index is 11.0. The highest BCUT2D eigenvalue weighted by molar-refractivity contribution is 5.95. The molecule has 0 fully saturated rings. The third-order valence-corrected chi connectivity index (χ3v) is 4.97. The number of hydrogen-bond donors (Lipinski definition) is 2. The number of aromatic nitrogens is 1. The van der Waals surface area contributed by atoms with Gasteiger partial charge in [-0.1, -0.05) is 47.6 Å². The van der Waals surface area contributed by atoms with Gasteiger partial charge in [-0.25, -0.2) is 4.79 Å². The van der Waals surface area contributed by atoms with Crippen molar-refractivity contribution in [3.05, 3.63) is 77.9 Å². The lowest BCUT2D eigenvalue weighted by Crippen LogP contribution is -2.13. The fourth-order valence-electron chi connectivity index (χ4n) is 3.22. The Bertz CT molecular complexity index is 1230. The highest BCUT2D eigenvalue weighted by Crippen LogP contribution is 2.32. The van der Waals surface area contributed by atoms with Crippen molar-refractivity contribution in [1.82, 2.24) is 5.16 Å². The van der Waals surface area contributed by atoms with E-state index in [2.05, 4.69) is 40.6 Å². The first-order chi connectivity index (χ1) is 14.5. The van der Waals surface area contributed by atoms with Gasteiger partial charge in [0.15, 0.2) is 11.4 Å². The Labute approximate surface area is 173 Å². The smallest absolute Gasteiger partial charge is 0.328 e. The molecule has 1 aromatic heterocycles. The molecule has 0 bridgehead atoms. The number of carbonyl (C=O) groups is 1. The molecule has 2 N–H and O–H groups in total. The number of carboxylic acids is 1. The van der Waals surface area contributed by atoms with E-state index in [1.807, 2.05) is 42.5 Å². The fourth-order valence-corrected chi connectivity index (χ4v) is 3.22. The van der Waals surface area contributed by atoms with Crippen LogP contribution < -0.4 is 5.32 Å². The van der Waals surface area contributed by atoms with Gasteiger partial charge in [0.25, 0.3) is 0 Å². The van der Waals surface area contributed by atoms with Crippen LogP contribution in [-0.4, -0.2) is 28.5 Å². The lowest BCUT2D eigenvalue weighted by atomic mass is 9.99. The summed E-state index contributed by atoms with van der Waals surface area (Å²) in [6.45, 7) is 3.60. The highest BCUT2D eigenvalue weighted by Gasteiger charge is 2.12. The van der Waals surface area contributed by atoms with Crippen molar-refractivity contribution in [3.8, 4) is 11.1 Å². The van der Waals surface area contributed by atoms with Crippen molar-refractivity contribution in [3.63, 3.8) is 0 Å². The molecule has 4 aromatic rings. The predicted molar refractivity (Wildman–Crippen MR) is 119 cm³/mol. The molecule has 4 rings (SSSR count). The molecule has 30 heavy (non-hydrogen) atoms. The van der Waals surface area contributed by atoms with Crippen molar-refractivity contribution < 1.29 is 14.4 Å². The van der Waals surface area contributed by atoms with E-state index < -0.39 is 12.0 Å². The molecule has 150 valence electrons. The molecule has 1 heterocycles. The first-order valence-corrected chi connectivity index (χ1v) is 9.60. The lowest BCUT2D eigenvalue weighted by molar-refractivity contribution is -0.137. The number of nitrogens with one attached hydrogen (secondary N) is 1. The molecule has 0 saturated heterocycles. The molecule has 6 nitrogen and oxygen atoms in total. The Hall–Kier alpha value is -3.93. The third kappa shape index (κ3) is 3.93. The second kappa shape index (κ2) is 8.21. The van der Waals surface area contributed by atoms with Gasteiger partial charge in [-0.15, -0.1) is 0 Å². The second-order valence-corrected chi connectivity index (χ2v) is 7.05. The standard InChI is InChI=1S/C24H21N3O3/c1-15-19(18-7-4-3-5-8-18)9-6-10-21(15)26-23-20-13-17(11-12-22(20)30-27-23)14-25-16(2)24(28)29/h3-14,16H,1-2H3,(H,26,27)(H,28,29). The van der Waals surface area contributed by atoms with Crippen LogP contribution in [0, 0.1) is 6.92 Å². The number of benzene rings is 3. The summed E-state index contributed by atoms with van der Waals surface area (Å²) < 4.78 is 5.44. The van der Waals surface area contributed by atoms with E-state index in [1.165, 1.54) is 6.92 Å². The molecule has 0 amide bonds. The van der Waals surface area contributed by atoms with Crippen molar-refractivity contribution in [2.45, 2.75) is 19.9 Å². The minimum Gasteiger partial charge on any atom is -0.480 e. The van der Waals surface area contributed by atoms with E-state index in [0.29, 0.717) is 11.4 Å². The summed E-state index contributed by atoms with van der Waals surface area (Å²) in [5.41, 5.74) is 5.74. The van der Waals surface area contributed by atoms with Crippen molar-refractivity contribution >= 4 is 34.7 Å². The SMILES string of the molecule is Cc1c(Nc2noc3ccc(C=NC(C)C(=O)O)cc23)cccc1-c1ccccc1. The quantitative estimate of drug-likeness (QED) is 0.422. The Morgan fingerprint density at radius 3 is 2.70 bits per heavy atom. The number of rotatable bonds is 6. The zero-order valence-electron chi connectivity index (χ0n) is 16.7. The molecule has 0 spiro atoms. The first kappa shape index (κ1) is 19.4. The Morgan fingerprint density at radius 1 is 1.13 bits per heavy atom. The van der Waals surface area contributed by atoms with E-state index in [4.69, 9.17) is 9.63 Å². The fraction of sp³-hybridized carbons (Fsp3) is 0.125. The Kier molecular flexibility index (Phi) is 5.30. The zero-order chi connectivity index (χ0) is 21.1. The topological polar surface area (TPSA) is 87.7 Å². The van der Waals surface area contributed by atoms with Crippen LogP contribution in [0.3, 0.4) is 0 Å². The number of aliphatic carboxylic acids is 1. The van der Waals surface area contributed by atoms with Crippen LogP contribution in [-0.2, 0) is 4.79 Å². The summed E-state index contributed by atoms with van der Waals surface area (Å²) in [7, 11) is 0. The molecule has 0 aliphatic heterocycles. The number of nitrogens with zero attached hydrogens (tertiary/aromatic N) is 2. The molecule has 3 aromatic carbocycles. The molecule has 6 heteroatoms. The van der Waals surface area contributed by atoms with Gasteiger partial charge in [-0.2, -0.15) is 0 Å². The number of carboxylic acid groups (broad SMARTS) is 1. The minimum atomic E-state index is -0.964. The predicted octanol–water partition coefficient (Wildman–Crippen LogP) is 5.44. The highest BCUT2D eigenvalue weighted by atomic mass is 16.5. The summed E-state index contributed by atoms with van der Waals surface area (Å²) in [5, 5.41) is 17.3. The molecule has 0 aliphatic carbocycles. The van der Waals surface area contributed by atoms with E-state index in [9.17, 15) is 4.79 Å². The molecule has 1 atom stereocenters. The molecule has 0 aliphatic rings. The normalized spacial score (nSPS) is 12.3. The summed E-state index contributed by atoms with van der Waals surface area (Å²) in [6, 6.07) is 21.0. The molecule has 0 saturated carbocycles. The van der Waals surface area contributed by atoms with E-state index in [1.54, 1.807) is 12.3 Å². The van der Waals surface area contributed by atoms with Gasteiger partial charge in [-0.3, -0.25) is 4.99 Å². The minimum absolute atomic E-state index is 0.597. The average molecular weight is 399 g/mol. The summed E-state index contributed by atoms with van der Waals surface area (Å²) in [6.07, 6.45) is 1.55. The summed E-state index contributed by atoms with van der Waals surface area (Å²) in [4.78, 5) is 15.0. The second-order valence-electron chi connectivity index (χ2n) is 7.05. The number of anilines is 2. The van der Waals surface area contributed by atoms with Crippen LogP contribution in [0.5, 0.6) is 0 Å². The lowest BCUT2D eigenvalue weighted by Gasteiger charge is -2.12. The first-order valence-electron chi connectivity index (χ1n) is 9.60. The maximum Gasteiger partial charge on any atom is 0.328 e. The van der Waals surface area contributed by atoms with Gasteiger partial charge in [0.1, 0.15) is 6.04 Å².